The van der Waals surface area contributed by atoms with E-state index in [0.29, 0.717) is 13.2 Å². The number of rotatable bonds is 11. The van der Waals surface area contributed by atoms with Crippen molar-refractivity contribution in [3.8, 4) is 11.5 Å². The highest BCUT2D eigenvalue weighted by atomic mass is 32.2. The van der Waals surface area contributed by atoms with Crippen molar-refractivity contribution in [1.82, 2.24) is 5.32 Å². The van der Waals surface area contributed by atoms with E-state index in [4.69, 9.17) is 4.74 Å². The summed E-state index contributed by atoms with van der Waals surface area (Å²) in [6.45, 7) is 3.44. The number of nitrogens with one attached hydrogen (secondary N) is 1. The van der Waals surface area contributed by atoms with Crippen LogP contribution in [0.1, 0.15) is 37.3 Å². The maximum Gasteiger partial charge on any atom is 0.244 e. The van der Waals surface area contributed by atoms with Crippen molar-refractivity contribution in [3.63, 3.8) is 0 Å². The van der Waals surface area contributed by atoms with Crippen LogP contribution in [-0.2, 0) is 11.2 Å². The number of phenols is 1. The Kier molecular flexibility index (Phi) is 9.49. The first kappa shape index (κ1) is 21.9. The van der Waals surface area contributed by atoms with Gasteiger partial charge in [-0.1, -0.05) is 38.0 Å². The minimum atomic E-state index is -0.127. The van der Waals surface area contributed by atoms with Crippen LogP contribution in [0.15, 0.2) is 53.4 Å². The van der Waals surface area contributed by atoms with Crippen molar-refractivity contribution >= 4 is 23.7 Å². The summed E-state index contributed by atoms with van der Waals surface area (Å²) in [5.41, 5.74) is 2.01. The number of carbonyl (C=O) groups is 1. The van der Waals surface area contributed by atoms with Gasteiger partial charge in [0.25, 0.3) is 0 Å². The summed E-state index contributed by atoms with van der Waals surface area (Å²) in [6, 6.07) is 13.0. The molecule has 0 aliphatic rings. The maximum absolute atomic E-state index is 12.0. The van der Waals surface area contributed by atoms with E-state index in [2.05, 4.69) is 12.2 Å². The van der Waals surface area contributed by atoms with Crippen LogP contribution in [0, 0.1) is 0 Å². The maximum atomic E-state index is 12.0. The van der Waals surface area contributed by atoms with Crippen LogP contribution >= 0.6 is 11.8 Å². The van der Waals surface area contributed by atoms with Gasteiger partial charge in [-0.15, -0.1) is 11.8 Å². The number of unbranched alkanes of at least 4 members (excludes halogenated alkanes) is 2. The Labute approximate surface area is 172 Å². The van der Waals surface area contributed by atoms with E-state index in [9.17, 15) is 9.90 Å². The Bertz CT molecular complexity index is 772. The molecule has 0 bridgehead atoms. The number of phenolic OH excluding ortho intramolecular Hbond substituents is 1. The minimum Gasteiger partial charge on any atom is -0.508 e. The highest BCUT2D eigenvalue weighted by Crippen LogP contribution is 2.29. The number of aromatic hydroxyl groups is 1. The lowest BCUT2D eigenvalue weighted by molar-refractivity contribution is -0.116. The minimum absolute atomic E-state index is 0.127. The normalized spacial score (nSPS) is 10.9. The molecule has 0 spiro atoms. The van der Waals surface area contributed by atoms with E-state index < -0.39 is 0 Å². The zero-order valence-electron chi connectivity index (χ0n) is 16.6. The molecule has 0 unspecified atom stereocenters. The molecule has 0 fully saturated rings. The molecule has 0 saturated carbocycles. The Balaban J connectivity index is 1.85. The summed E-state index contributed by atoms with van der Waals surface area (Å²) >= 11 is 1.66. The highest BCUT2D eigenvalue weighted by molar-refractivity contribution is 7.98. The molecule has 2 rings (SSSR count). The number of thioether (sulfide) groups is 1. The van der Waals surface area contributed by atoms with Gasteiger partial charge in [-0.2, -0.15) is 0 Å². The van der Waals surface area contributed by atoms with E-state index in [1.54, 1.807) is 36.0 Å². The molecule has 0 radical (unpaired) electrons. The van der Waals surface area contributed by atoms with E-state index in [1.165, 1.54) is 12.8 Å². The van der Waals surface area contributed by atoms with Crippen molar-refractivity contribution in [2.75, 3.05) is 19.4 Å². The van der Waals surface area contributed by atoms with E-state index in [0.717, 1.165) is 34.6 Å². The molecule has 150 valence electrons. The molecular weight excluding hydrogens is 370 g/mol. The summed E-state index contributed by atoms with van der Waals surface area (Å²) < 4.78 is 5.93. The van der Waals surface area contributed by atoms with Crippen LogP contribution in [0.25, 0.3) is 6.08 Å². The third-order valence-electron chi connectivity index (χ3n) is 4.27. The molecule has 0 heterocycles. The number of ether oxygens (including phenoxy) is 1. The van der Waals surface area contributed by atoms with Gasteiger partial charge >= 0.3 is 0 Å². The van der Waals surface area contributed by atoms with Crippen LogP contribution in [0.2, 0.25) is 0 Å². The van der Waals surface area contributed by atoms with Crippen LogP contribution in [0.5, 0.6) is 11.5 Å². The van der Waals surface area contributed by atoms with Gasteiger partial charge in [-0.25, -0.2) is 0 Å². The van der Waals surface area contributed by atoms with Crippen molar-refractivity contribution in [2.24, 2.45) is 0 Å². The molecule has 0 saturated heterocycles. The first-order valence-electron chi connectivity index (χ1n) is 9.67. The van der Waals surface area contributed by atoms with Gasteiger partial charge in [0.15, 0.2) is 0 Å². The predicted molar refractivity (Wildman–Crippen MR) is 117 cm³/mol. The molecule has 28 heavy (non-hydrogen) atoms. The number of amides is 1. The molecule has 2 N–H and O–H groups in total. The first-order valence-corrected chi connectivity index (χ1v) is 10.9. The number of benzene rings is 2. The number of carbonyl (C=O) groups excluding carboxylic acids is 1. The molecule has 0 aromatic heterocycles. The second-order valence-electron chi connectivity index (χ2n) is 6.51. The van der Waals surface area contributed by atoms with Gasteiger partial charge in [0, 0.05) is 17.5 Å². The Morgan fingerprint density at radius 1 is 1.18 bits per heavy atom. The zero-order chi connectivity index (χ0) is 20.2. The van der Waals surface area contributed by atoms with Gasteiger partial charge in [-0.05, 0) is 60.6 Å². The standard InChI is InChI=1S/C23H29NO3S/c1-3-4-5-16-27-21-17-19(8-12-22(21)28-2)9-13-23(26)24-15-14-18-6-10-20(25)11-7-18/h6-13,17,25H,3-5,14-16H2,1-2H3,(H,24,26). The zero-order valence-corrected chi connectivity index (χ0v) is 17.4. The second-order valence-corrected chi connectivity index (χ2v) is 7.35. The van der Waals surface area contributed by atoms with Crippen LogP contribution < -0.4 is 10.1 Å². The molecule has 0 aliphatic carbocycles. The van der Waals surface area contributed by atoms with Gasteiger partial charge < -0.3 is 15.2 Å². The molecule has 0 atom stereocenters. The Hall–Kier alpha value is -2.40. The fourth-order valence-electron chi connectivity index (χ4n) is 2.67. The lowest BCUT2D eigenvalue weighted by atomic mass is 10.1. The van der Waals surface area contributed by atoms with Gasteiger partial charge in [-0.3, -0.25) is 4.79 Å². The number of hydrogen-bond acceptors (Lipinski definition) is 4. The summed E-state index contributed by atoms with van der Waals surface area (Å²) in [5.74, 6) is 0.994. The second kappa shape index (κ2) is 12.1. The molecule has 5 heteroatoms. The summed E-state index contributed by atoms with van der Waals surface area (Å²) in [6.07, 6.45) is 9.49. The highest BCUT2D eigenvalue weighted by Gasteiger charge is 2.04. The fourth-order valence-corrected chi connectivity index (χ4v) is 3.19. The Morgan fingerprint density at radius 3 is 2.68 bits per heavy atom. The van der Waals surface area contributed by atoms with Gasteiger partial charge in [0.1, 0.15) is 11.5 Å². The lowest BCUT2D eigenvalue weighted by Crippen LogP contribution is -2.23. The summed E-state index contributed by atoms with van der Waals surface area (Å²) in [5, 5.41) is 12.2. The first-order chi connectivity index (χ1) is 13.6. The molecule has 2 aromatic carbocycles. The average Bonchev–Trinajstić information content (AvgIpc) is 2.71. The van der Waals surface area contributed by atoms with Crippen molar-refractivity contribution in [1.29, 1.82) is 0 Å². The van der Waals surface area contributed by atoms with Crippen molar-refractivity contribution in [3.05, 3.63) is 59.7 Å². The van der Waals surface area contributed by atoms with Crippen LogP contribution in [0.4, 0.5) is 0 Å². The van der Waals surface area contributed by atoms with E-state index in [-0.39, 0.29) is 11.7 Å². The predicted octanol–water partition coefficient (Wildman–Crippen LogP) is 5.06. The van der Waals surface area contributed by atoms with Gasteiger partial charge in [0.2, 0.25) is 5.91 Å². The number of hydrogen-bond donors (Lipinski definition) is 2. The lowest BCUT2D eigenvalue weighted by Gasteiger charge is -2.11. The Morgan fingerprint density at radius 2 is 1.96 bits per heavy atom. The SMILES string of the molecule is CCCCCOc1cc(C=CC(=O)NCCc2ccc(O)cc2)ccc1SC. The topological polar surface area (TPSA) is 58.6 Å². The summed E-state index contributed by atoms with van der Waals surface area (Å²) in [7, 11) is 0. The third-order valence-corrected chi connectivity index (χ3v) is 5.05. The molecule has 1 amide bonds. The van der Waals surface area contributed by atoms with E-state index in [1.807, 2.05) is 36.6 Å². The van der Waals surface area contributed by atoms with Crippen LogP contribution in [0.3, 0.4) is 0 Å². The molecule has 2 aromatic rings. The van der Waals surface area contributed by atoms with Crippen molar-refractivity contribution < 1.29 is 14.6 Å². The molecule has 4 nitrogen and oxygen atoms in total. The third kappa shape index (κ3) is 7.69. The van der Waals surface area contributed by atoms with E-state index >= 15 is 0 Å². The van der Waals surface area contributed by atoms with Crippen LogP contribution in [-0.4, -0.2) is 30.4 Å². The molecule has 0 aliphatic heterocycles. The smallest absolute Gasteiger partial charge is 0.244 e. The van der Waals surface area contributed by atoms with Crippen molar-refractivity contribution in [2.45, 2.75) is 37.5 Å². The van der Waals surface area contributed by atoms with Gasteiger partial charge in [0.05, 0.1) is 6.61 Å². The summed E-state index contributed by atoms with van der Waals surface area (Å²) in [4.78, 5) is 13.1. The fraction of sp³-hybridized carbons (Fsp3) is 0.348. The largest absolute Gasteiger partial charge is 0.508 e. The monoisotopic (exact) mass is 399 g/mol. The molecular formula is C23H29NO3S. The average molecular weight is 400 g/mol. The quantitative estimate of drug-likeness (QED) is 0.315.